The third kappa shape index (κ3) is 3.37. The van der Waals surface area contributed by atoms with Gasteiger partial charge in [-0.05, 0) is 19.1 Å². The van der Waals surface area contributed by atoms with Crippen LogP contribution in [0.4, 0.5) is 4.39 Å². The molecule has 0 saturated carbocycles. The molecule has 0 radical (unpaired) electrons. The van der Waals surface area contributed by atoms with Crippen molar-refractivity contribution in [1.82, 2.24) is 4.98 Å². The van der Waals surface area contributed by atoms with Gasteiger partial charge in [-0.2, -0.15) is 0 Å². The molecule has 0 saturated heterocycles. The van der Waals surface area contributed by atoms with Gasteiger partial charge in [-0.3, -0.25) is 4.98 Å². The normalized spacial score (nSPS) is 12.9. The summed E-state index contributed by atoms with van der Waals surface area (Å²) in [4.78, 5) is 4.94. The van der Waals surface area contributed by atoms with Crippen molar-refractivity contribution in [2.45, 2.75) is 18.0 Å². The van der Waals surface area contributed by atoms with E-state index in [4.69, 9.17) is 0 Å². The summed E-state index contributed by atoms with van der Waals surface area (Å²) in [6, 6.07) is 3.76. The molecule has 0 fully saturated rings. The van der Waals surface area contributed by atoms with E-state index in [1.165, 1.54) is 11.8 Å². The number of rotatable bonds is 3. The summed E-state index contributed by atoms with van der Waals surface area (Å²) in [5, 5.41) is 0. The molecule has 0 bridgehead atoms. The maximum atomic E-state index is 12.4. The molecule has 11 heavy (non-hydrogen) atoms. The molecule has 1 aromatic rings. The van der Waals surface area contributed by atoms with Gasteiger partial charge in [0.05, 0.1) is 0 Å². The molecule has 1 rings (SSSR count). The van der Waals surface area contributed by atoms with Gasteiger partial charge in [-0.1, -0.05) is 0 Å². The Balaban J connectivity index is 2.39. The number of pyridine rings is 1. The van der Waals surface area contributed by atoms with E-state index in [0.29, 0.717) is 5.75 Å². The van der Waals surface area contributed by atoms with Gasteiger partial charge >= 0.3 is 0 Å². The molecule has 0 aliphatic heterocycles. The first-order chi connectivity index (χ1) is 5.29. The van der Waals surface area contributed by atoms with Crippen LogP contribution >= 0.6 is 11.8 Å². The summed E-state index contributed by atoms with van der Waals surface area (Å²) < 4.78 is 12.4. The number of nitrogens with zero attached hydrogens (tertiary/aromatic N) is 1. The number of thioether (sulfide) groups is 1. The highest BCUT2D eigenvalue weighted by Gasteiger charge is 1.98. The van der Waals surface area contributed by atoms with E-state index in [1.54, 1.807) is 19.3 Å². The Morgan fingerprint density at radius 3 is 2.73 bits per heavy atom. The fourth-order valence-electron chi connectivity index (χ4n) is 0.646. The van der Waals surface area contributed by atoms with Crippen molar-refractivity contribution >= 4 is 11.8 Å². The molecule has 0 aliphatic rings. The van der Waals surface area contributed by atoms with Crippen LogP contribution in [0.3, 0.4) is 0 Å². The first-order valence-electron chi connectivity index (χ1n) is 3.46. The monoisotopic (exact) mass is 171 g/mol. The number of alkyl halides is 1. The molecular weight excluding hydrogens is 161 g/mol. The van der Waals surface area contributed by atoms with E-state index in [-0.39, 0.29) is 0 Å². The van der Waals surface area contributed by atoms with Crippen LogP contribution in [0.1, 0.15) is 6.92 Å². The lowest BCUT2D eigenvalue weighted by Gasteiger charge is -2.00. The Labute approximate surface area is 70.0 Å². The standard InChI is InChI=1S/C8H10FNS/c1-7(9)6-11-8-2-4-10-5-3-8/h2-5,7H,6H2,1H3. The fourth-order valence-corrected chi connectivity index (χ4v) is 1.38. The molecule has 3 heteroatoms. The Morgan fingerprint density at radius 1 is 1.55 bits per heavy atom. The Bertz CT molecular complexity index is 201. The topological polar surface area (TPSA) is 12.9 Å². The number of hydrogen-bond donors (Lipinski definition) is 0. The molecule has 1 unspecified atom stereocenters. The number of aromatic nitrogens is 1. The van der Waals surface area contributed by atoms with Crippen LogP contribution in [-0.2, 0) is 0 Å². The summed E-state index contributed by atoms with van der Waals surface area (Å²) in [5.41, 5.74) is 0. The SMILES string of the molecule is CC(F)CSc1ccncc1. The molecule has 1 nitrogen and oxygen atoms in total. The molecule has 0 N–H and O–H groups in total. The highest BCUT2D eigenvalue weighted by Crippen LogP contribution is 2.17. The van der Waals surface area contributed by atoms with Crippen LogP contribution in [0.25, 0.3) is 0 Å². The first kappa shape index (κ1) is 8.53. The molecule has 0 aliphatic carbocycles. The average molecular weight is 171 g/mol. The van der Waals surface area contributed by atoms with Gasteiger partial charge in [0.25, 0.3) is 0 Å². The molecule has 0 aromatic carbocycles. The van der Waals surface area contributed by atoms with Crippen molar-refractivity contribution in [2.75, 3.05) is 5.75 Å². The summed E-state index contributed by atoms with van der Waals surface area (Å²) in [6.45, 7) is 1.56. The van der Waals surface area contributed by atoms with E-state index in [9.17, 15) is 4.39 Å². The van der Waals surface area contributed by atoms with Crippen molar-refractivity contribution in [3.8, 4) is 0 Å². The molecule has 1 aromatic heterocycles. The maximum Gasteiger partial charge on any atom is 0.107 e. The highest BCUT2D eigenvalue weighted by molar-refractivity contribution is 7.99. The second-order valence-electron chi connectivity index (χ2n) is 2.27. The average Bonchev–Trinajstić information content (AvgIpc) is 2.03. The molecule has 1 heterocycles. The minimum Gasteiger partial charge on any atom is -0.265 e. The zero-order valence-electron chi connectivity index (χ0n) is 6.33. The van der Waals surface area contributed by atoms with Crippen molar-refractivity contribution < 1.29 is 4.39 Å². The molecule has 0 amide bonds. The van der Waals surface area contributed by atoms with E-state index in [0.717, 1.165) is 4.90 Å². The first-order valence-corrected chi connectivity index (χ1v) is 4.44. The minimum atomic E-state index is -0.742. The van der Waals surface area contributed by atoms with E-state index < -0.39 is 6.17 Å². The predicted octanol–water partition coefficient (Wildman–Crippen LogP) is 2.53. The lowest BCUT2D eigenvalue weighted by atomic mass is 10.5. The van der Waals surface area contributed by atoms with Gasteiger partial charge in [0, 0.05) is 23.0 Å². The third-order valence-corrected chi connectivity index (χ3v) is 2.36. The van der Waals surface area contributed by atoms with Crippen LogP contribution in [-0.4, -0.2) is 16.9 Å². The van der Waals surface area contributed by atoms with Crippen molar-refractivity contribution in [1.29, 1.82) is 0 Å². The van der Waals surface area contributed by atoms with Crippen molar-refractivity contribution in [2.24, 2.45) is 0 Å². The molecule has 60 valence electrons. The second kappa shape index (κ2) is 4.34. The van der Waals surface area contributed by atoms with E-state index in [2.05, 4.69) is 4.98 Å². The number of hydrogen-bond acceptors (Lipinski definition) is 2. The zero-order valence-corrected chi connectivity index (χ0v) is 7.14. The van der Waals surface area contributed by atoms with Crippen LogP contribution in [0.5, 0.6) is 0 Å². The van der Waals surface area contributed by atoms with Crippen molar-refractivity contribution in [3.63, 3.8) is 0 Å². The van der Waals surface area contributed by atoms with E-state index in [1.807, 2.05) is 12.1 Å². The Hall–Kier alpha value is -0.570. The summed E-state index contributed by atoms with van der Waals surface area (Å²) in [7, 11) is 0. The van der Waals surface area contributed by atoms with Crippen molar-refractivity contribution in [3.05, 3.63) is 24.5 Å². The van der Waals surface area contributed by atoms with E-state index >= 15 is 0 Å². The Morgan fingerprint density at radius 2 is 2.18 bits per heavy atom. The largest absolute Gasteiger partial charge is 0.265 e. The third-order valence-electron chi connectivity index (χ3n) is 1.13. The lowest BCUT2D eigenvalue weighted by Crippen LogP contribution is -1.94. The van der Waals surface area contributed by atoms with Gasteiger partial charge in [0.2, 0.25) is 0 Å². The lowest BCUT2D eigenvalue weighted by molar-refractivity contribution is 0.398. The molecular formula is C8H10FNS. The quantitative estimate of drug-likeness (QED) is 0.648. The molecule has 1 atom stereocenters. The fraction of sp³-hybridized carbons (Fsp3) is 0.375. The summed E-state index contributed by atoms with van der Waals surface area (Å²) in [5.74, 6) is 0.518. The van der Waals surface area contributed by atoms with Crippen LogP contribution in [0.15, 0.2) is 29.4 Å². The van der Waals surface area contributed by atoms with Gasteiger partial charge < -0.3 is 0 Å². The smallest absolute Gasteiger partial charge is 0.107 e. The second-order valence-corrected chi connectivity index (χ2v) is 3.37. The summed E-state index contributed by atoms with van der Waals surface area (Å²) in [6.07, 6.45) is 2.68. The van der Waals surface area contributed by atoms with Crippen LogP contribution < -0.4 is 0 Å². The predicted molar refractivity (Wildman–Crippen MR) is 45.5 cm³/mol. The zero-order chi connectivity index (χ0) is 8.10. The summed E-state index contributed by atoms with van der Waals surface area (Å²) >= 11 is 1.51. The van der Waals surface area contributed by atoms with Gasteiger partial charge in [-0.15, -0.1) is 11.8 Å². The molecule has 0 spiro atoms. The van der Waals surface area contributed by atoms with Gasteiger partial charge in [0.15, 0.2) is 0 Å². The highest BCUT2D eigenvalue weighted by atomic mass is 32.2. The Kier molecular flexibility index (Phi) is 3.36. The van der Waals surface area contributed by atoms with Gasteiger partial charge in [0.1, 0.15) is 6.17 Å². The van der Waals surface area contributed by atoms with Crippen LogP contribution in [0, 0.1) is 0 Å². The minimum absolute atomic E-state index is 0.518. The number of halogens is 1. The maximum absolute atomic E-state index is 12.4. The van der Waals surface area contributed by atoms with Gasteiger partial charge in [-0.25, -0.2) is 4.39 Å². The van der Waals surface area contributed by atoms with Crippen LogP contribution in [0.2, 0.25) is 0 Å².